The second-order valence-electron chi connectivity index (χ2n) is 8.48. The van der Waals surface area contributed by atoms with Gasteiger partial charge in [-0.05, 0) is 30.5 Å². The second kappa shape index (κ2) is 11.2. The molecular formula is C23H29F2N5O4. The van der Waals surface area contributed by atoms with Crippen molar-refractivity contribution in [2.75, 3.05) is 7.05 Å². The zero-order valence-corrected chi connectivity index (χ0v) is 19.2. The third kappa shape index (κ3) is 6.15. The normalized spacial score (nSPS) is 16.2. The minimum Gasteiger partial charge on any atom is -0.357 e. The molecule has 184 valence electrons. The van der Waals surface area contributed by atoms with Gasteiger partial charge in [-0.3, -0.25) is 14.4 Å². The van der Waals surface area contributed by atoms with E-state index in [1.54, 1.807) is 0 Å². The van der Waals surface area contributed by atoms with E-state index in [4.69, 9.17) is 4.52 Å². The Labute approximate surface area is 196 Å². The molecule has 1 atom stereocenters. The highest BCUT2D eigenvalue weighted by molar-refractivity contribution is 5.88. The summed E-state index contributed by atoms with van der Waals surface area (Å²) < 4.78 is 32.2. The number of carbonyl (C=O) groups is 3. The largest absolute Gasteiger partial charge is 0.357 e. The molecule has 3 amide bonds. The van der Waals surface area contributed by atoms with E-state index in [-0.39, 0.29) is 30.2 Å². The molecule has 3 N–H and O–H groups in total. The van der Waals surface area contributed by atoms with Crippen molar-refractivity contribution in [2.45, 2.75) is 69.9 Å². The fraction of sp³-hybridized carbons (Fsp3) is 0.522. The van der Waals surface area contributed by atoms with Crippen LogP contribution in [0.15, 0.2) is 22.7 Å². The monoisotopic (exact) mass is 477 g/mol. The molecule has 0 aliphatic heterocycles. The number of hydrogen-bond acceptors (Lipinski definition) is 6. The summed E-state index contributed by atoms with van der Waals surface area (Å²) in [5, 5.41) is 12.0. The van der Waals surface area contributed by atoms with Crippen LogP contribution in [0.3, 0.4) is 0 Å². The van der Waals surface area contributed by atoms with Gasteiger partial charge in [0.05, 0.1) is 0 Å². The summed E-state index contributed by atoms with van der Waals surface area (Å²) in [5.74, 6) is -2.82. The predicted molar refractivity (Wildman–Crippen MR) is 117 cm³/mol. The van der Waals surface area contributed by atoms with Crippen molar-refractivity contribution < 1.29 is 27.7 Å². The predicted octanol–water partition coefficient (Wildman–Crippen LogP) is 2.57. The molecule has 1 aliphatic rings. The van der Waals surface area contributed by atoms with Gasteiger partial charge in [0, 0.05) is 26.8 Å². The number of hydrogen-bond donors (Lipinski definition) is 3. The summed E-state index contributed by atoms with van der Waals surface area (Å²) in [6.45, 7) is 1.45. The third-order valence-electron chi connectivity index (χ3n) is 5.93. The highest BCUT2D eigenvalue weighted by Gasteiger charge is 2.38. The summed E-state index contributed by atoms with van der Waals surface area (Å²) >= 11 is 0. The molecule has 1 aromatic heterocycles. The number of carbonyl (C=O) groups excluding carboxylic acids is 3. The van der Waals surface area contributed by atoms with Gasteiger partial charge in [0.15, 0.2) is 17.5 Å². The number of benzene rings is 1. The van der Waals surface area contributed by atoms with Crippen LogP contribution in [-0.2, 0) is 26.3 Å². The number of aromatic nitrogens is 2. The number of likely N-dealkylation sites (N-methyl/N-ethyl adjacent to an activating group) is 1. The van der Waals surface area contributed by atoms with Crippen molar-refractivity contribution in [3.63, 3.8) is 0 Å². The lowest BCUT2D eigenvalue weighted by Gasteiger charge is -2.30. The summed E-state index contributed by atoms with van der Waals surface area (Å²) in [5.41, 5.74) is -0.583. The molecule has 1 unspecified atom stereocenters. The highest BCUT2D eigenvalue weighted by atomic mass is 19.2. The lowest BCUT2D eigenvalue weighted by Crippen LogP contribution is -2.45. The molecule has 9 nitrogen and oxygen atoms in total. The minimum absolute atomic E-state index is 0.0774. The Kier molecular flexibility index (Phi) is 8.30. The van der Waals surface area contributed by atoms with Gasteiger partial charge in [0.2, 0.25) is 23.6 Å². The molecule has 1 heterocycles. The maximum atomic E-state index is 13.6. The van der Waals surface area contributed by atoms with E-state index in [9.17, 15) is 23.2 Å². The number of nitrogens with zero attached hydrogens (tertiary/aromatic N) is 2. The van der Waals surface area contributed by atoms with Crippen molar-refractivity contribution in [2.24, 2.45) is 0 Å². The zero-order chi connectivity index (χ0) is 24.7. The lowest BCUT2D eigenvalue weighted by atomic mass is 9.89. The van der Waals surface area contributed by atoms with Crippen LogP contribution in [0.5, 0.6) is 0 Å². The summed E-state index contributed by atoms with van der Waals surface area (Å²) in [7, 11) is 1.37. The smallest absolute Gasteiger partial charge is 0.246 e. The van der Waals surface area contributed by atoms with Gasteiger partial charge in [0.1, 0.15) is 11.6 Å². The van der Waals surface area contributed by atoms with Crippen molar-refractivity contribution >= 4 is 17.7 Å². The van der Waals surface area contributed by atoms with Gasteiger partial charge < -0.3 is 20.5 Å². The van der Waals surface area contributed by atoms with Crippen LogP contribution < -0.4 is 16.0 Å². The Morgan fingerprint density at radius 2 is 1.82 bits per heavy atom. The fourth-order valence-electron chi connectivity index (χ4n) is 4.21. The number of aryl methyl sites for hydroxylation is 1. The van der Waals surface area contributed by atoms with Crippen molar-refractivity contribution in [3.05, 3.63) is 47.1 Å². The maximum absolute atomic E-state index is 13.6. The Balaban J connectivity index is 1.67. The topological polar surface area (TPSA) is 126 Å². The Morgan fingerprint density at radius 3 is 2.44 bits per heavy atom. The number of amides is 3. The SMILES string of the molecule is CNC(=O)C(NC(=O)CCc1nc(C2(NC(C)=O)CCCCCC2)no1)c1ccc(F)c(F)c1. The molecule has 1 fully saturated rings. The van der Waals surface area contributed by atoms with Crippen molar-refractivity contribution in [1.29, 1.82) is 0 Å². The molecular weight excluding hydrogens is 448 g/mol. The third-order valence-corrected chi connectivity index (χ3v) is 5.93. The van der Waals surface area contributed by atoms with Crippen LogP contribution >= 0.6 is 0 Å². The molecule has 0 radical (unpaired) electrons. The van der Waals surface area contributed by atoms with E-state index in [0.717, 1.165) is 37.8 Å². The van der Waals surface area contributed by atoms with Crippen LogP contribution in [0.25, 0.3) is 0 Å². The van der Waals surface area contributed by atoms with Crippen LogP contribution in [0.4, 0.5) is 8.78 Å². The van der Waals surface area contributed by atoms with E-state index in [1.807, 2.05) is 0 Å². The molecule has 1 aliphatic carbocycles. The highest BCUT2D eigenvalue weighted by Crippen LogP contribution is 2.34. The van der Waals surface area contributed by atoms with E-state index >= 15 is 0 Å². The number of nitrogens with one attached hydrogen (secondary N) is 3. The molecule has 0 bridgehead atoms. The molecule has 11 heteroatoms. The first-order chi connectivity index (χ1) is 16.2. The van der Waals surface area contributed by atoms with Crippen molar-refractivity contribution in [3.8, 4) is 0 Å². The number of rotatable bonds is 8. The van der Waals surface area contributed by atoms with E-state index in [1.165, 1.54) is 20.0 Å². The standard InChI is InChI=1S/C23H29F2N5O4/c1-14(31)29-23(11-5-3-4-6-12-23)22-28-19(34-30-22)10-9-18(32)27-20(21(33)26-2)15-7-8-16(24)17(25)13-15/h7-8,13,20H,3-6,9-12H2,1-2H3,(H,26,33)(H,27,32)(H,29,31). The minimum atomic E-state index is -1.19. The quantitative estimate of drug-likeness (QED) is 0.502. The molecule has 34 heavy (non-hydrogen) atoms. The van der Waals surface area contributed by atoms with Gasteiger partial charge in [-0.25, -0.2) is 8.78 Å². The molecule has 0 saturated heterocycles. The van der Waals surface area contributed by atoms with Crippen LogP contribution in [0, 0.1) is 11.6 Å². The number of halogens is 2. The van der Waals surface area contributed by atoms with Crippen LogP contribution in [-0.4, -0.2) is 34.9 Å². The van der Waals surface area contributed by atoms with Crippen LogP contribution in [0.1, 0.15) is 75.2 Å². The van der Waals surface area contributed by atoms with E-state index in [2.05, 4.69) is 26.1 Å². The first-order valence-electron chi connectivity index (χ1n) is 11.3. The molecule has 2 aromatic rings. The molecule has 1 saturated carbocycles. The van der Waals surface area contributed by atoms with Gasteiger partial charge in [0.25, 0.3) is 0 Å². The fourth-order valence-corrected chi connectivity index (χ4v) is 4.21. The maximum Gasteiger partial charge on any atom is 0.246 e. The van der Waals surface area contributed by atoms with Gasteiger partial charge in [-0.1, -0.05) is 36.9 Å². The molecule has 1 aromatic carbocycles. The summed E-state index contributed by atoms with van der Waals surface area (Å²) in [6.07, 6.45) is 5.42. The molecule has 0 spiro atoms. The Hall–Kier alpha value is -3.37. The van der Waals surface area contributed by atoms with E-state index < -0.39 is 35.0 Å². The average Bonchev–Trinajstić information content (AvgIpc) is 3.17. The van der Waals surface area contributed by atoms with E-state index in [0.29, 0.717) is 18.7 Å². The van der Waals surface area contributed by atoms with Gasteiger partial charge in [-0.2, -0.15) is 4.98 Å². The second-order valence-corrected chi connectivity index (χ2v) is 8.48. The summed E-state index contributed by atoms with van der Waals surface area (Å²) in [4.78, 5) is 41.0. The average molecular weight is 478 g/mol. The lowest BCUT2D eigenvalue weighted by molar-refractivity contribution is -0.128. The first kappa shape index (κ1) is 25.3. The van der Waals surface area contributed by atoms with Gasteiger partial charge in [-0.15, -0.1) is 0 Å². The van der Waals surface area contributed by atoms with Crippen molar-refractivity contribution in [1.82, 2.24) is 26.1 Å². The zero-order valence-electron chi connectivity index (χ0n) is 19.2. The first-order valence-corrected chi connectivity index (χ1v) is 11.3. The molecule has 3 rings (SSSR count). The Morgan fingerprint density at radius 1 is 1.12 bits per heavy atom. The van der Waals surface area contributed by atoms with Gasteiger partial charge >= 0.3 is 0 Å². The van der Waals surface area contributed by atoms with Crippen LogP contribution in [0.2, 0.25) is 0 Å². The summed E-state index contributed by atoms with van der Waals surface area (Å²) in [6, 6.07) is 1.80. The Bertz CT molecular complexity index is 1030.